The number of carboxylic acids is 1. The molecule has 100 valence electrons. The highest BCUT2D eigenvalue weighted by Crippen LogP contribution is 2.18. The number of carboxylic acid groups (broad SMARTS) is 1. The summed E-state index contributed by atoms with van der Waals surface area (Å²) in [5.74, 6) is -2.72. The quantitative estimate of drug-likeness (QED) is 0.259. The molecule has 0 saturated heterocycles. The molecule has 0 aromatic rings. The maximum absolute atomic E-state index is 11.3. The van der Waals surface area contributed by atoms with Crippen molar-refractivity contribution in [3.8, 4) is 0 Å². The average Bonchev–Trinajstić information content (AvgIpc) is 2.24. The molecule has 0 amide bonds. The van der Waals surface area contributed by atoms with E-state index in [4.69, 9.17) is 15.3 Å². The Hall–Kier alpha value is -1.06. The van der Waals surface area contributed by atoms with Crippen LogP contribution in [0.5, 0.6) is 0 Å². The van der Waals surface area contributed by atoms with Crippen LogP contribution in [0.2, 0.25) is 0 Å². The van der Waals surface area contributed by atoms with Gasteiger partial charge in [0, 0.05) is 0 Å². The monoisotopic (exact) mass is 252 g/mol. The first-order chi connectivity index (χ1) is 7.64. The highest BCUT2D eigenvalue weighted by molar-refractivity contribution is 5.99. The Kier molecular flexibility index (Phi) is 5.66. The maximum Gasteiger partial charge on any atom is 0.310 e. The van der Waals surface area contributed by atoms with Crippen LogP contribution in [0.25, 0.3) is 0 Å². The standard InChI is InChI=1S/C9H16O8/c1-9(17,5(12)2-6(13)14)8(16)7(15)4(11)3-10/h4,7-8,10-11,15-17H,2-3H2,1H3,(H,13,14)/t4-,7-,8+,9+/m1/s1. The third kappa shape index (κ3) is 4.02. The van der Waals surface area contributed by atoms with Gasteiger partial charge in [0.25, 0.3) is 0 Å². The van der Waals surface area contributed by atoms with Gasteiger partial charge in [-0.15, -0.1) is 0 Å². The molecule has 0 aliphatic heterocycles. The van der Waals surface area contributed by atoms with Gasteiger partial charge >= 0.3 is 5.97 Å². The Morgan fingerprint density at radius 2 is 1.71 bits per heavy atom. The van der Waals surface area contributed by atoms with Crippen LogP contribution in [0.3, 0.4) is 0 Å². The molecular formula is C9H16O8. The number of carbonyl (C=O) groups excluding carboxylic acids is 1. The van der Waals surface area contributed by atoms with Gasteiger partial charge in [0.2, 0.25) is 0 Å². The third-order valence-electron chi connectivity index (χ3n) is 2.36. The molecule has 0 saturated carbocycles. The normalized spacial score (nSPS) is 20.1. The van der Waals surface area contributed by atoms with Crippen LogP contribution < -0.4 is 0 Å². The molecule has 0 aliphatic rings. The number of hydrogen-bond acceptors (Lipinski definition) is 7. The molecule has 0 aliphatic carbocycles. The zero-order valence-electron chi connectivity index (χ0n) is 9.15. The van der Waals surface area contributed by atoms with Crippen molar-refractivity contribution in [1.29, 1.82) is 0 Å². The SMILES string of the molecule is C[C@](O)(C(=O)CC(=O)O)[C@@H](O)[C@H](O)[C@H](O)CO. The fourth-order valence-electron chi connectivity index (χ4n) is 1.13. The Morgan fingerprint density at radius 1 is 1.24 bits per heavy atom. The van der Waals surface area contributed by atoms with Crippen LogP contribution in [0.4, 0.5) is 0 Å². The minimum absolute atomic E-state index is 0.816. The molecule has 0 rings (SSSR count). The number of rotatable bonds is 7. The molecular weight excluding hydrogens is 236 g/mol. The van der Waals surface area contributed by atoms with Crippen LogP contribution >= 0.6 is 0 Å². The zero-order chi connectivity index (χ0) is 13.8. The van der Waals surface area contributed by atoms with E-state index >= 15 is 0 Å². The molecule has 0 aromatic carbocycles. The summed E-state index contributed by atoms with van der Waals surface area (Å²) in [6, 6.07) is 0. The Bertz CT molecular complexity index is 287. The van der Waals surface area contributed by atoms with E-state index in [9.17, 15) is 24.9 Å². The van der Waals surface area contributed by atoms with E-state index in [2.05, 4.69) is 0 Å². The Morgan fingerprint density at radius 3 is 2.06 bits per heavy atom. The molecule has 4 atom stereocenters. The number of hydrogen-bond donors (Lipinski definition) is 6. The van der Waals surface area contributed by atoms with Crippen molar-refractivity contribution in [3.63, 3.8) is 0 Å². The van der Waals surface area contributed by atoms with Crippen molar-refractivity contribution >= 4 is 11.8 Å². The second kappa shape index (κ2) is 6.03. The van der Waals surface area contributed by atoms with Gasteiger partial charge in [-0.2, -0.15) is 0 Å². The molecule has 8 heteroatoms. The number of aliphatic hydroxyl groups is 5. The fourth-order valence-corrected chi connectivity index (χ4v) is 1.13. The molecule has 0 fully saturated rings. The van der Waals surface area contributed by atoms with Crippen LogP contribution in [-0.2, 0) is 9.59 Å². The minimum atomic E-state index is -2.53. The lowest BCUT2D eigenvalue weighted by Gasteiger charge is -2.32. The van der Waals surface area contributed by atoms with Crippen LogP contribution in [-0.4, -0.2) is 72.9 Å². The molecule has 6 N–H and O–H groups in total. The van der Waals surface area contributed by atoms with Crippen molar-refractivity contribution in [2.24, 2.45) is 0 Å². The van der Waals surface area contributed by atoms with Crippen LogP contribution in [0, 0.1) is 0 Å². The van der Waals surface area contributed by atoms with E-state index < -0.39 is 48.7 Å². The second-order valence-corrected chi connectivity index (χ2v) is 3.83. The largest absolute Gasteiger partial charge is 0.481 e. The van der Waals surface area contributed by atoms with E-state index in [1.165, 1.54) is 0 Å². The summed E-state index contributed by atoms with van der Waals surface area (Å²) in [4.78, 5) is 21.6. The van der Waals surface area contributed by atoms with E-state index in [0.717, 1.165) is 6.92 Å². The lowest BCUT2D eigenvalue weighted by atomic mass is 9.87. The maximum atomic E-state index is 11.3. The summed E-state index contributed by atoms with van der Waals surface area (Å²) in [7, 11) is 0. The second-order valence-electron chi connectivity index (χ2n) is 3.83. The van der Waals surface area contributed by atoms with Gasteiger partial charge in [0.05, 0.1) is 6.61 Å². The van der Waals surface area contributed by atoms with E-state index in [0.29, 0.717) is 0 Å². The number of Topliss-reactive ketones (excluding diaryl/α,β-unsaturated/α-hetero) is 1. The highest BCUT2D eigenvalue weighted by Gasteiger charge is 2.44. The predicted molar refractivity (Wildman–Crippen MR) is 53.0 cm³/mol. The van der Waals surface area contributed by atoms with E-state index in [-0.39, 0.29) is 0 Å². The predicted octanol–water partition coefficient (Wildman–Crippen LogP) is -3.14. The average molecular weight is 252 g/mol. The van der Waals surface area contributed by atoms with Gasteiger partial charge in [0.15, 0.2) is 5.78 Å². The first-order valence-corrected chi connectivity index (χ1v) is 4.77. The summed E-state index contributed by atoms with van der Waals surface area (Å²) >= 11 is 0. The first-order valence-electron chi connectivity index (χ1n) is 4.77. The van der Waals surface area contributed by atoms with Gasteiger partial charge < -0.3 is 30.6 Å². The lowest BCUT2D eigenvalue weighted by molar-refractivity contribution is -0.172. The van der Waals surface area contributed by atoms with Gasteiger partial charge in [-0.05, 0) is 6.92 Å². The smallest absolute Gasteiger partial charge is 0.310 e. The molecule has 0 unspecified atom stereocenters. The summed E-state index contributed by atoms with van der Waals surface area (Å²) < 4.78 is 0. The molecule has 0 spiro atoms. The number of aliphatic hydroxyl groups excluding tert-OH is 4. The number of ketones is 1. The summed E-state index contributed by atoms with van der Waals surface area (Å²) in [6.45, 7) is -0.0717. The minimum Gasteiger partial charge on any atom is -0.481 e. The molecule has 0 radical (unpaired) electrons. The topological polar surface area (TPSA) is 156 Å². The number of carbonyl (C=O) groups is 2. The van der Waals surface area contributed by atoms with Crippen molar-refractivity contribution in [2.45, 2.75) is 37.3 Å². The number of aliphatic carboxylic acids is 1. The van der Waals surface area contributed by atoms with Gasteiger partial charge in [0.1, 0.15) is 30.3 Å². The fraction of sp³-hybridized carbons (Fsp3) is 0.778. The first kappa shape index (κ1) is 15.9. The van der Waals surface area contributed by atoms with Crippen molar-refractivity contribution < 1.29 is 40.2 Å². The summed E-state index contributed by atoms with van der Waals surface area (Å²) in [5.41, 5.74) is -2.53. The molecule has 0 heterocycles. The van der Waals surface area contributed by atoms with Crippen molar-refractivity contribution in [3.05, 3.63) is 0 Å². The van der Waals surface area contributed by atoms with E-state index in [1.807, 2.05) is 0 Å². The molecule has 8 nitrogen and oxygen atoms in total. The molecule has 17 heavy (non-hydrogen) atoms. The van der Waals surface area contributed by atoms with Crippen molar-refractivity contribution in [2.75, 3.05) is 6.61 Å². The van der Waals surface area contributed by atoms with E-state index in [1.54, 1.807) is 0 Å². The zero-order valence-corrected chi connectivity index (χ0v) is 9.15. The van der Waals surface area contributed by atoms with Gasteiger partial charge in [-0.25, -0.2) is 0 Å². The third-order valence-corrected chi connectivity index (χ3v) is 2.36. The van der Waals surface area contributed by atoms with Gasteiger partial charge in [-0.1, -0.05) is 0 Å². The van der Waals surface area contributed by atoms with Crippen molar-refractivity contribution in [1.82, 2.24) is 0 Å². The highest BCUT2D eigenvalue weighted by atomic mass is 16.4. The molecule has 0 bridgehead atoms. The lowest BCUT2D eigenvalue weighted by Crippen LogP contribution is -2.56. The van der Waals surface area contributed by atoms with Crippen LogP contribution in [0.1, 0.15) is 13.3 Å². The van der Waals surface area contributed by atoms with Crippen LogP contribution in [0.15, 0.2) is 0 Å². The Labute approximate surface area is 96.7 Å². The molecule has 0 aromatic heterocycles. The Balaban J connectivity index is 4.79. The van der Waals surface area contributed by atoms with Gasteiger partial charge in [-0.3, -0.25) is 9.59 Å². The summed E-state index contributed by atoms with van der Waals surface area (Å²) in [5, 5.41) is 54.2. The summed E-state index contributed by atoms with van der Waals surface area (Å²) in [6.07, 6.45) is -6.88.